The maximum Gasteiger partial charge on any atom is 0.189 e. The number of aromatic nitrogens is 1. The molecule has 1 aliphatic heterocycles. The lowest BCUT2D eigenvalue weighted by molar-refractivity contribution is 0.475. The standard InChI is InChI=1S/C21H24N4OS/c1-2-23-15-16-27-21(23)22-17-3-5-18(6-4-17)24-11-13-25(14-12-24)19-7-9-20(26)10-8-19/h3-10,15-16,26H,2,11-14H2,1H3. The summed E-state index contributed by atoms with van der Waals surface area (Å²) in [5, 5.41) is 11.5. The third-order valence-corrected chi connectivity index (χ3v) is 5.73. The van der Waals surface area contributed by atoms with Crippen molar-refractivity contribution in [1.82, 2.24) is 4.57 Å². The molecule has 1 saturated heterocycles. The number of phenolic OH excluding ortho intramolecular Hbond substituents is 1. The van der Waals surface area contributed by atoms with Gasteiger partial charge in [-0.1, -0.05) is 0 Å². The first-order chi connectivity index (χ1) is 13.2. The van der Waals surface area contributed by atoms with Crippen LogP contribution in [-0.4, -0.2) is 35.9 Å². The third-order valence-electron chi connectivity index (χ3n) is 4.93. The van der Waals surface area contributed by atoms with Crippen molar-refractivity contribution in [3.05, 3.63) is 64.9 Å². The average molecular weight is 381 g/mol. The Labute approximate surface area is 163 Å². The molecule has 0 atom stereocenters. The van der Waals surface area contributed by atoms with E-state index in [-0.39, 0.29) is 0 Å². The van der Waals surface area contributed by atoms with E-state index in [4.69, 9.17) is 4.99 Å². The molecule has 1 aliphatic rings. The zero-order chi connectivity index (χ0) is 18.6. The molecule has 0 saturated carbocycles. The van der Waals surface area contributed by atoms with Crippen molar-refractivity contribution in [2.45, 2.75) is 13.5 Å². The first kappa shape index (κ1) is 17.7. The largest absolute Gasteiger partial charge is 0.508 e. The SMILES string of the molecule is CCn1ccsc1=Nc1ccc(N2CCN(c3ccc(O)cc3)CC2)cc1. The summed E-state index contributed by atoms with van der Waals surface area (Å²) in [6.07, 6.45) is 2.07. The number of phenols is 1. The van der Waals surface area contributed by atoms with Crippen LogP contribution in [0.2, 0.25) is 0 Å². The summed E-state index contributed by atoms with van der Waals surface area (Å²) in [4.78, 5) is 10.6. The quantitative estimate of drug-likeness (QED) is 0.748. The van der Waals surface area contributed by atoms with Crippen molar-refractivity contribution in [3.8, 4) is 5.75 Å². The van der Waals surface area contributed by atoms with Gasteiger partial charge in [0.1, 0.15) is 5.75 Å². The van der Waals surface area contributed by atoms with Crippen molar-refractivity contribution in [2.75, 3.05) is 36.0 Å². The number of thiazole rings is 1. The Kier molecular flexibility index (Phi) is 5.16. The van der Waals surface area contributed by atoms with E-state index >= 15 is 0 Å². The molecule has 0 amide bonds. The normalized spacial score (nSPS) is 15.4. The molecule has 3 aromatic rings. The van der Waals surface area contributed by atoms with E-state index < -0.39 is 0 Å². The predicted molar refractivity (Wildman–Crippen MR) is 112 cm³/mol. The highest BCUT2D eigenvalue weighted by Gasteiger charge is 2.17. The number of nitrogens with zero attached hydrogens (tertiary/aromatic N) is 4. The van der Waals surface area contributed by atoms with Gasteiger partial charge >= 0.3 is 0 Å². The Morgan fingerprint density at radius 2 is 1.44 bits per heavy atom. The Morgan fingerprint density at radius 1 is 0.889 bits per heavy atom. The van der Waals surface area contributed by atoms with E-state index in [0.29, 0.717) is 5.75 Å². The van der Waals surface area contributed by atoms with Gasteiger partial charge in [-0.15, -0.1) is 11.3 Å². The second kappa shape index (κ2) is 7.88. The van der Waals surface area contributed by atoms with Crippen LogP contribution in [0.15, 0.2) is 65.1 Å². The molecule has 6 heteroatoms. The van der Waals surface area contributed by atoms with Gasteiger partial charge in [0.25, 0.3) is 0 Å². The fraction of sp³-hybridized carbons (Fsp3) is 0.286. The van der Waals surface area contributed by atoms with Crippen LogP contribution in [0.4, 0.5) is 17.1 Å². The fourth-order valence-electron chi connectivity index (χ4n) is 3.36. The highest BCUT2D eigenvalue weighted by molar-refractivity contribution is 7.07. The first-order valence-corrected chi connectivity index (χ1v) is 10.2. The predicted octanol–water partition coefficient (Wildman–Crippen LogP) is 3.83. The van der Waals surface area contributed by atoms with Gasteiger partial charge in [0, 0.05) is 55.7 Å². The summed E-state index contributed by atoms with van der Waals surface area (Å²) >= 11 is 1.66. The molecule has 1 N–H and O–H groups in total. The van der Waals surface area contributed by atoms with Gasteiger partial charge in [-0.3, -0.25) is 0 Å². The Hall–Kier alpha value is -2.73. The second-order valence-electron chi connectivity index (χ2n) is 6.59. The maximum absolute atomic E-state index is 9.44. The molecule has 0 bridgehead atoms. The lowest BCUT2D eigenvalue weighted by Gasteiger charge is -2.37. The van der Waals surface area contributed by atoms with E-state index in [2.05, 4.69) is 57.1 Å². The highest BCUT2D eigenvalue weighted by atomic mass is 32.1. The summed E-state index contributed by atoms with van der Waals surface area (Å²) in [5.74, 6) is 0.315. The first-order valence-electron chi connectivity index (χ1n) is 9.30. The minimum absolute atomic E-state index is 0.315. The highest BCUT2D eigenvalue weighted by Crippen LogP contribution is 2.24. The van der Waals surface area contributed by atoms with Gasteiger partial charge < -0.3 is 19.5 Å². The number of benzene rings is 2. The molecule has 0 spiro atoms. The number of anilines is 2. The van der Waals surface area contributed by atoms with Gasteiger partial charge in [-0.25, -0.2) is 4.99 Å². The number of aryl methyl sites for hydroxylation is 1. The van der Waals surface area contributed by atoms with Crippen LogP contribution in [0.5, 0.6) is 5.75 Å². The maximum atomic E-state index is 9.44. The van der Waals surface area contributed by atoms with Crippen LogP contribution in [0.3, 0.4) is 0 Å². The molecule has 5 nitrogen and oxygen atoms in total. The molecular weight excluding hydrogens is 356 g/mol. The zero-order valence-corrected chi connectivity index (χ0v) is 16.3. The Balaban J connectivity index is 1.42. The van der Waals surface area contributed by atoms with Gasteiger partial charge in [-0.2, -0.15) is 0 Å². The van der Waals surface area contributed by atoms with Gasteiger partial charge in [0.15, 0.2) is 4.80 Å². The van der Waals surface area contributed by atoms with E-state index in [1.54, 1.807) is 23.5 Å². The number of rotatable bonds is 4. The van der Waals surface area contributed by atoms with Crippen molar-refractivity contribution in [3.63, 3.8) is 0 Å². The van der Waals surface area contributed by atoms with E-state index in [1.807, 2.05) is 12.1 Å². The van der Waals surface area contributed by atoms with Crippen molar-refractivity contribution in [2.24, 2.45) is 4.99 Å². The zero-order valence-electron chi connectivity index (χ0n) is 15.5. The number of hydrogen-bond donors (Lipinski definition) is 1. The molecule has 2 aromatic carbocycles. The minimum atomic E-state index is 0.315. The molecule has 2 heterocycles. The monoisotopic (exact) mass is 380 g/mol. The Bertz CT molecular complexity index is 935. The average Bonchev–Trinajstić information content (AvgIpc) is 3.16. The third kappa shape index (κ3) is 4.01. The smallest absolute Gasteiger partial charge is 0.189 e. The molecule has 1 fully saturated rings. The van der Waals surface area contributed by atoms with E-state index in [1.165, 1.54) is 11.4 Å². The van der Waals surface area contributed by atoms with Crippen molar-refractivity contribution in [1.29, 1.82) is 0 Å². The summed E-state index contributed by atoms with van der Waals surface area (Å²) < 4.78 is 2.15. The summed E-state index contributed by atoms with van der Waals surface area (Å²) in [5.41, 5.74) is 3.40. The molecule has 0 radical (unpaired) electrons. The molecule has 27 heavy (non-hydrogen) atoms. The number of piperazine rings is 1. The van der Waals surface area contributed by atoms with Crippen molar-refractivity contribution >= 4 is 28.4 Å². The summed E-state index contributed by atoms with van der Waals surface area (Å²) in [6.45, 7) is 6.99. The van der Waals surface area contributed by atoms with Gasteiger partial charge in [0.05, 0.1) is 5.69 Å². The minimum Gasteiger partial charge on any atom is -0.508 e. The molecule has 0 aliphatic carbocycles. The van der Waals surface area contributed by atoms with Crippen molar-refractivity contribution < 1.29 is 5.11 Å². The van der Waals surface area contributed by atoms with E-state index in [0.717, 1.165) is 43.2 Å². The molecular formula is C21H24N4OS. The Morgan fingerprint density at radius 3 is 2.00 bits per heavy atom. The molecule has 4 rings (SSSR count). The van der Waals surface area contributed by atoms with Crippen LogP contribution in [0.1, 0.15) is 6.92 Å². The fourth-order valence-corrected chi connectivity index (χ4v) is 4.18. The van der Waals surface area contributed by atoms with Gasteiger partial charge in [-0.05, 0) is 55.5 Å². The topological polar surface area (TPSA) is 44.0 Å². The van der Waals surface area contributed by atoms with Crippen LogP contribution in [-0.2, 0) is 6.54 Å². The van der Waals surface area contributed by atoms with Crippen LogP contribution >= 0.6 is 11.3 Å². The molecule has 1 aromatic heterocycles. The summed E-state index contributed by atoms with van der Waals surface area (Å²) in [6, 6.07) is 16.0. The number of aromatic hydroxyl groups is 1. The van der Waals surface area contributed by atoms with Crippen LogP contribution in [0, 0.1) is 0 Å². The second-order valence-corrected chi connectivity index (χ2v) is 7.46. The lowest BCUT2D eigenvalue weighted by Crippen LogP contribution is -2.46. The molecule has 0 unspecified atom stereocenters. The number of hydrogen-bond acceptors (Lipinski definition) is 5. The van der Waals surface area contributed by atoms with Gasteiger partial charge in [0.2, 0.25) is 0 Å². The van der Waals surface area contributed by atoms with Crippen LogP contribution in [0.25, 0.3) is 0 Å². The van der Waals surface area contributed by atoms with E-state index in [9.17, 15) is 5.11 Å². The molecule has 140 valence electrons. The summed E-state index contributed by atoms with van der Waals surface area (Å²) in [7, 11) is 0. The lowest BCUT2D eigenvalue weighted by atomic mass is 10.2. The van der Waals surface area contributed by atoms with Crippen LogP contribution < -0.4 is 14.6 Å².